The average molecular weight is 282 g/mol. The Balaban J connectivity index is 1.94. The van der Waals surface area contributed by atoms with Crippen LogP contribution >= 0.6 is 0 Å². The molecule has 5 heteroatoms. The van der Waals surface area contributed by atoms with Gasteiger partial charge in [-0.3, -0.25) is 0 Å². The fourth-order valence-electron chi connectivity index (χ4n) is 2.11. The van der Waals surface area contributed by atoms with Gasteiger partial charge in [-0.2, -0.15) is 4.98 Å². The fraction of sp³-hybridized carbons (Fsp3) is 0.125. The highest BCUT2D eigenvalue weighted by Gasteiger charge is 2.21. The van der Waals surface area contributed by atoms with Crippen molar-refractivity contribution < 1.29 is 14.4 Å². The molecule has 0 saturated heterocycles. The van der Waals surface area contributed by atoms with Crippen molar-refractivity contribution in [3.8, 4) is 17.1 Å². The van der Waals surface area contributed by atoms with E-state index in [0.29, 0.717) is 17.3 Å². The molecule has 0 spiro atoms. The van der Waals surface area contributed by atoms with Crippen LogP contribution < -0.4 is 0 Å². The molecule has 0 bridgehead atoms. The van der Waals surface area contributed by atoms with E-state index in [4.69, 9.17) is 9.26 Å². The lowest BCUT2D eigenvalue weighted by Crippen LogP contribution is -2.03. The van der Waals surface area contributed by atoms with Crippen LogP contribution in [0.1, 0.15) is 17.6 Å². The predicted molar refractivity (Wildman–Crippen MR) is 76.7 cm³/mol. The largest absolute Gasteiger partial charge is 0.508 e. The molecule has 1 N–H and O–H groups in total. The number of ether oxygens (including phenoxy) is 1. The Kier molecular flexibility index (Phi) is 3.66. The van der Waals surface area contributed by atoms with Gasteiger partial charge in [0.05, 0.1) is 0 Å². The fourth-order valence-corrected chi connectivity index (χ4v) is 2.11. The molecule has 2 aromatic carbocycles. The highest BCUT2D eigenvalue weighted by molar-refractivity contribution is 5.56. The minimum Gasteiger partial charge on any atom is -0.508 e. The van der Waals surface area contributed by atoms with E-state index in [9.17, 15) is 5.11 Å². The van der Waals surface area contributed by atoms with Gasteiger partial charge < -0.3 is 14.4 Å². The van der Waals surface area contributed by atoms with Crippen LogP contribution in [0.15, 0.2) is 59.1 Å². The first kappa shape index (κ1) is 13.3. The van der Waals surface area contributed by atoms with Gasteiger partial charge in [-0.1, -0.05) is 47.6 Å². The minimum absolute atomic E-state index is 0.158. The third-order valence-electron chi connectivity index (χ3n) is 3.11. The molecular formula is C16H14N2O3. The van der Waals surface area contributed by atoms with Crippen molar-refractivity contribution >= 4 is 0 Å². The van der Waals surface area contributed by atoms with E-state index in [0.717, 1.165) is 5.56 Å². The molecule has 21 heavy (non-hydrogen) atoms. The minimum atomic E-state index is -0.412. The summed E-state index contributed by atoms with van der Waals surface area (Å²) in [6, 6.07) is 16.4. The van der Waals surface area contributed by atoms with Gasteiger partial charge in [0.1, 0.15) is 5.75 Å². The van der Waals surface area contributed by atoms with Crippen LogP contribution in [0.25, 0.3) is 11.4 Å². The second-order valence-corrected chi connectivity index (χ2v) is 4.53. The summed E-state index contributed by atoms with van der Waals surface area (Å²) in [7, 11) is 1.59. The van der Waals surface area contributed by atoms with Crippen molar-refractivity contribution in [2.75, 3.05) is 7.11 Å². The molecular weight excluding hydrogens is 268 g/mol. The molecule has 5 nitrogen and oxygen atoms in total. The van der Waals surface area contributed by atoms with Crippen molar-refractivity contribution in [3.05, 3.63) is 66.1 Å². The average Bonchev–Trinajstić information content (AvgIpc) is 2.99. The molecule has 0 aliphatic heterocycles. The van der Waals surface area contributed by atoms with E-state index < -0.39 is 6.10 Å². The predicted octanol–water partition coefficient (Wildman–Crippen LogP) is 3.18. The topological polar surface area (TPSA) is 68.4 Å². The number of benzene rings is 2. The molecule has 0 amide bonds. The molecule has 3 rings (SSSR count). The van der Waals surface area contributed by atoms with Crippen molar-refractivity contribution in [3.63, 3.8) is 0 Å². The van der Waals surface area contributed by atoms with Crippen molar-refractivity contribution in [1.29, 1.82) is 0 Å². The molecule has 0 aliphatic carbocycles. The van der Waals surface area contributed by atoms with E-state index in [1.165, 1.54) is 0 Å². The number of aromatic hydroxyl groups is 1. The maximum absolute atomic E-state index is 9.50. The summed E-state index contributed by atoms with van der Waals surface area (Å²) >= 11 is 0. The Morgan fingerprint density at radius 2 is 1.90 bits per heavy atom. The van der Waals surface area contributed by atoms with Gasteiger partial charge in [0.25, 0.3) is 5.89 Å². The maximum atomic E-state index is 9.50. The normalized spacial score (nSPS) is 12.2. The Morgan fingerprint density at radius 1 is 1.10 bits per heavy atom. The van der Waals surface area contributed by atoms with Crippen LogP contribution in [0, 0.1) is 0 Å². The third kappa shape index (κ3) is 2.78. The Bertz CT molecular complexity index is 725. The van der Waals surface area contributed by atoms with Crippen LogP contribution in [0.4, 0.5) is 0 Å². The van der Waals surface area contributed by atoms with Crippen LogP contribution in [0.2, 0.25) is 0 Å². The molecule has 0 saturated carbocycles. The smallest absolute Gasteiger partial charge is 0.260 e. The van der Waals surface area contributed by atoms with Crippen molar-refractivity contribution in [1.82, 2.24) is 10.1 Å². The first-order valence-electron chi connectivity index (χ1n) is 6.48. The van der Waals surface area contributed by atoms with Gasteiger partial charge >= 0.3 is 0 Å². The van der Waals surface area contributed by atoms with E-state index in [1.807, 2.05) is 30.3 Å². The second kappa shape index (κ2) is 5.76. The van der Waals surface area contributed by atoms with E-state index >= 15 is 0 Å². The number of phenolic OH excluding ortho intramolecular Hbond substituents is 1. The van der Waals surface area contributed by atoms with Gasteiger partial charge in [0, 0.05) is 12.7 Å². The second-order valence-electron chi connectivity index (χ2n) is 4.53. The Labute approximate surface area is 121 Å². The SMILES string of the molecule is COC(c1ccccc1)c1nc(-c2cccc(O)c2)no1. The third-order valence-corrected chi connectivity index (χ3v) is 3.11. The van der Waals surface area contributed by atoms with E-state index in [-0.39, 0.29) is 5.75 Å². The lowest BCUT2D eigenvalue weighted by Gasteiger charge is -2.10. The molecule has 1 aromatic heterocycles. The molecule has 0 fully saturated rings. The summed E-state index contributed by atoms with van der Waals surface area (Å²) in [6.07, 6.45) is -0.412. The number of nitrogens with zero attached hydrogens (tertiary/aromatic N) is 2. The number of rotatable bonds is 4. The zero-order valence-corrected chi connectivity index (χ0v) is 11.4. The van der Waals surface area contributed by atoms with Crippen LogP contribution in [0.3, 0.4) is 0 Å². The quantitative estimate of drug-likeness (QED) is 0.796. The number of methoxy groups -OCH3 is 1. The number of aromatic nitrogens is 2. The number of hydrogen-bond donors (Lipinski definition) is 1. The lowest BCUT2D eigenvalue weighted by atomic mass is 10.1. The van der Waals surface area contributed by atoms with E-state index in [1.54, 1.807) is 31.4 Å². The molecule has 0 aliphatic rings. The highest BCUT2D eigenvalue weighted by atomic mass is 16.5. The van der Waals surface area contributed by atoms with Gasteiger partial charge in [-0.25, -0.2) is 0 Å². The summed E-state index contributed by atoms with van der Waals surface area (Å²) in [4.78, 5) is 4.36. The standard InChI is InChI=1S/C16H14N2O3/c1-20-14(11-6-3-2-4-7-11)16-17-15(18-21-16)12-8-5-9-13(19)10-12/h2-10,14,19H,1H3. The number of hydrogen-bond acceptors (Lipinski definition) is 5. The van der Waals surface area contributed by atoms with Gasteiger partial charge in [-0.15, -0.1) is 0 Å². The van der Waals surface area contributed by atoms with Gasteiger partial charge in [-0.05, 0) is 17.7 Å². The Morgan fingerprint density at radius 3 is 2.62 bits per heavy atom. The number of phenols is 1. The summed E-state index contributed by atoms with van der Waals surface area (Å²) < 4.78 is 10.7. The molecule has 3 aromatic rings. The molecule has 0 radical (unpaired) electrons. The first-order chi connectivity index (χ1) is 10.3. The molecule has 1 atom stereocenters. The molecule has 1 unspecified atom stereocenters. The lowest BCUT2D eigenvalue weighted by molar-refractivity contribution is 0.105. The Hall–Kier alpha value is -2.66. The van der Waals surface area contributed by atoms with Crippen LogP contribution in [0.5, 0.6) is 5.75 Å². The first-order valence-corrected chi connectivity index (χ1v) is 6.48. The summed E-state index contributed by atoms with van der Waals surface area (Å²) in [5.41, 5.74) is 1.62. The van der Waals surface area contributed by atoms with Gasteiger partial charge in [0.2, 0.25) is 5.82 Å². The summed E-state index contributed by atoms with van der Waals surface area (Å²) in [5, 5.41) is 13.4. The van der Waals surface area contributed by atoms with E-state index in [2.05, 4.69) is 10.1 Å². The van der Waals surface area contributed by atoms with Crippen LogP contribution in [-0.4, -0.2) is 22.4 Å². The molecule has 1 heterocycles. The van der Waals surface area contributed by atoms with Crippen molar-refractivity contribution in [2.24, 2.45) is 0 Å². The summed E-state index contributed by atoms with van der Waals surface area (Å²) in [5.74, 6) is 0.950. The molecule has 106 valence electrons. The van der Waals surface area contributed by atoms with Crippen molar-refractivity contribution in [2.45, 2.75) is 6.10 Å². The maximum Gasteiger partial charge on any atom is 0.260 e. The van der Waals surface area contributed by atoms with Gasteiger partial charge in [0.15, 0.2) is 6.10 Å². The van der Waals surface area contributed by atoms with Crippen LogP contribution in [-0.2, 0) is 4.74 Å². The highest BCUT2D eigenvalue weighted by Crippen LogP contribution is 2.27. The monoisotopic (exact) mass is 282 g/mol. The zero-order valence-electron chi connectivity index (χ0n) is 11.4. The zero-order chi connectivity index (χ0) is 14.7. The summed E-state index contributed by atoms with van der Waals surface area (Å²) in [6.45, 7) is 0.